The van der Waals surface area contributed by atoms with E-state index in [9.17, 15) is 14.7 Å². The minimum atomic E-state index is -1.00. The van der Waals surface area contributed by atoms with Gasteiger partial charge in [-0.15, -0.1) is 11.3 Å². The van der Waals surface area contributed by atoms with Crippen LogP contribution in [0.15, 0.2) is 12.1 Å². The van der Waals surface area contributed by atoms with Gasteiger partial charge in [0.15, 0.2) is 6.04 Å². The molecule has 0 saturated carbocycles. The molecule has 0 saturated heterocycles. The van der Waals surface area contributed by atoms with Gasteiger partial charge in [-0.05, 0) is 17.5 Å². The number of carbonyl (C=O) groups is 2. The van der Waals surface area contributed by atoms with E-state index in [1.807, 2.05) is 6.07 Å². The summed E-state index contributed by atoms with van der Waals surface area (Å²) in [7, 11) is 1.51. The second kappa shape index (κ2) is 5.10. The Morgan fingerprint density at radius 2 is 1.89 bits per heavy atom. The number of rotatable bonds is 3. The van der Waals surface area contributed by atoms with Crippen LogP contribution in [-0.2, 0) is 15.0 Å². The summed E-state index contributed by atoms with van der Waals surface area (Å²) in [5.74, 6) is -1.26. The molecule has 1 heterocycles. The number of hydrogen-bond acceptors (Lipinski definition) is 3. The Kier molecular flexibility index (Phi) is 4.16. The van der Waals surface area contributed by atoms with Crippen molar-refractivity contribution in [2.45, 2.75) is 39.2 Å². The summed E-state index contributed by atoms with van der Waals surface area (Å²) in [6.45, 7) is 7.60. The quantitative estimate of drug-likeness (QED) is 0.917. The number of aliphatic carboxylic acids is 1. The Hall–Kier alpha value is -1.36. The Balaban J connectivity index is 3.12. The number of carbonyl (C=O) groups excluding carboxylic acids is 1. The van der Waals surface area contributed by atoms with Crippen molar-refractivity contribution < 1.29 is 14.7 Å². The van der Waals surface area contributed by atoms with Crippen LogP contribution in [0.5, 0.6) is 0 Å². The maximum atomic E-state index is 11.3. The summed E-state index contributed by atoms with van der Waals surface area (Å²) in [4.78, 5) is 25.7. The molecule has 0 spiro atoms. The summed E-state index contributed by atoms with van der Waals surface area (Å²) in [5, 5.41) is 9.27. The monoisotopic (exact) mass is 269 g/mol. The van der Waals surface area contributed by atoms with Gasteiger partial charge in [0.2, 0.25) is 5.91 Å². The van der Waals surface area contributed by atoms with E-state index in [2.05, 4.69) is 20.8 Å². The zero-order chi connectivity index (χ0) is 14.1. The van der Waals surface area contributed by atoms with Crippen LogP contribution in [0.3, 0.4) is 0 Å². The predicted octanol–water partition coefficient (Wildman–Crippen LogP) is 2.65. The zero-order valence-corrected chi connectivity index (χ0v) is 12.2. The Morgan fingerprint density at radius 1 is 1.33 bits per heavy atom. The van der Waals surface area contributed by atoms with E-state index in [1.165, 1.54) is 30.2 Å². The smallest absolute Gasteiger partial charge is 0.331 e. The SMILES string of the molecule is CC(=O)N(C)C(C(=O)O)c1ccc(C(C)(C)C)s1. The lowest BCUT2D eigenvalue weighted by Gasteiger charge is -2.22. The van der Waals surface area contributed by atoms with Gasteiger partial charge in [0, 0.05) is 23.7 Å². The molecule has 18 heavy (non-hydrogen) atoms. The van der Waals surface area contributed by atoms with Crippen molar-refractivity contribution in [2.75, 3.05) is 7.05 Å². The summed E-state index contributed by atoms with van der Waals surface area (Å²) >= 11 is 1.45. The largest absolute Gasteiger partial charge is 0.479 e. The van der Waals surface area contributed by atoms with E-state index in [4.69, 9.17) is 0 Å². The predicted molar refractivity (Wildman–Crippen MR) is 71.8 cm³/mol. The van der Waals surface area contributed by atoms with Crippen LogP contribution < -0.4 is 0 Å². The van der Waals surface area contributed by atoms with Gasteiger partial charge in [-0.25, -0.2) is 4.79 Å². The number of hydrogen-bond donors (Lipinski definition) is 1. The Labute approximate surface area is 111 Å². The topological polar surface area (TPSA) is 57.6 Å². The normalized spacial score (nSPS) is 13.2. The second-order valence-electron chi connectivity index (χ2n) is 5.32. The van der Waals surface area contributed by atoms with E-state index in [-0.39, 0.29) is 11.3 Å². The van der Waals surface area contributed by atoms with E-state index < -0.39 is 12.0 Å². The molecule has 0 radical (unpaired) electrons. The minimum Gasteiger partial charge on any atom is -0.479 e. The first-order valence-corrected chi connectivity index (χ1v) is 6.52. The average molecular weight is 269 g/mol. The van der Waals surface area contributed by atoms with E-state index in [0.717, 1.165) is 4.88 Å². The number of carboxylic acids is 1. The molecule has 1 rings (SSSR count). The molecule has 0 aromatic carbocycles. The minimum absolute atomic E-state index is 0.0131. The third kappa shape index (κ3) is 3.10. The molecule has 100 valence electrons. The molecule has 1 aromatic rings. The van der Waals surface area contributed by atoms with Crippen LogP contribution in [0.1, 0.15) is 43.5 Å². The van der Waals surface area contributed by atoms with Gasteiger partial charge in [-0.3, -0.25) is 4.79 Å². The van der Waals surface area contributed by atoms with E-state index >= 15 is 0 Å². The van der Waals surface area contributed by atoms with Gasteiger partial charge >= 0.3 is 5.97 Å². The van der Waals surface area contributed by atoms with Crippen molar-refractivity contribution in [1.82, 2.24) is 4.90 Å². The van der Waals surface area contributed by atoms with Crippen molar-refractivity contribution in [3.05, 3.63) is 21.9 Å². The molecule has 1 unspecified atom stereocenters. The standard InChI is InChI=1S/C13H19NO3S/c1-8(15)14(5)11(12(16)17)9-6-7-10(18-9)13(2,3)4/h6-7,11H,1-5H3,(H,16,17). The lowest BCUT2D eigenvalue weighted by Crippen LogP contribution is -2.33. The molecule has 1 aromatic heterocycles. The van der Waals surface area contributed by atoms with Crippen molar-refractivity contribution in [3.63, 3.8) is 0 Å². The van der Waals surface area contributed by atoms with Crippen molar-refractivity contribution in [2.24, 2.45) is 0 Å². The first-order chi connectivity index (χ1) is 8.14. The molecule has 1 N–H and O–H groups in total. The van der Waals surface area contributed by atoms with Crippen molar-refractivity contribution >= 4 is 23.2 Å². The molecule has 1 atom stereocenters. The van der Waals surface area contributed by atoms with E-state index in [1.54, 1.807) is 6.07 Å². The Bertz CT molecular complexity index is 459. The summed E-state index contributed by atoms with van der Waals surface area (Å²) in [5.41, 5.74) is -0.0131. The number of amides is 1. The maximum absolute atomic E-state index is 11.3. The zero-order valence-electron chi connectivity index (χ0n) is 11.4. The van der Waals surface area contributed by atoms with Gasteiger partial charge in [0.25, 0.3) is 0 Å². The lowest BCUT2D eigenvalue weighted by atomic mass is 9.95. The van der Waals surface area contributed by atoms with Gasteiger partial charge in [-0.1, -0.05) is 20.8 Å². The molecule has 5 heteroatoms. The second-order valence-corrected chi connectivity index (χ2v) is 6.44. The number of likely N-dealkylation sites (N-methyl/N-ethyl adjacent to an activating group) is 1. The third-order valence-electron chi connectivity index (χ3n) is 2.75. The van der Waals surface area contributed by atoms with Crippen LogP contribution in [0, 0.1) is 0 Å². The highest BCUT2D eigenvalue weighted by atomic mass is 32.1. The van der Waals surface area contributed by atoms with Crippen LogP contribution in [-0.4, -0.2) is 28.9 Å². The molecule has 0 aliphatic rings. The van der Waals surface area contributed by atoms with Crippen LogP contribution in [0.2, 0.25) is 0 Å². The summed E-state index contributed by atoms with van der Waals surface area (Å²) in [6, 6.07) is 2.83. The molecule has 0 bridgehead atoms. The third-order valence-corrected chi connectivity index (χ3v) is 4.32. The first-order valence-electron chi connectivity index (χ1n) is 5.71. The molecule has 0 aliphatic carbocycles. The Morgan fingerprint density at radius 3 is 2.22 bits per heavy atom. The van der Waals surface area contributed by atoms with Crippen LogP contribution in [0.4, 0.5) is 0 Å². The highest BCUT2D eigenvalue weighted by Crippen LogP contribution is 2.34. The molecule has 4 nitrogen and oxygen atoms in total. The van der Waals surface area contributed by atoms with Crippen molar-refractivity contribution in [3.8, 4) is 0 Å². The van der Waals surface area contributed by atoms with Gasteiger partial charge in [-0.2, -0.15) is 0 Å². The van der Waals surface area contributed by atoms with Gasteiger partial charge in [0.1, 0.15) is 0 Å². The molecule has 0 aliphatic heterocycles. The maximum Gasteiger partial charge on any atom is 0.331 e. The van der Waals surface area contributed by atoms with Crippen LogP contribution >= 0.6 is 11.3 Å². The van der Waals surface area contributed by atoms with Crippen molar-refractivity contribution in [1.29, 1.82) is 0 Å². The number of carboxylic acid groups (broad SMARTS) is 1. The van der Waals surface area contributed by atoms with Crippen LogP contribution in [0.25, 0.3) is 0 Å². The fourth-order valence-corrected chi connectivity index (χ4v) is 2.77. The van der Waals surface area contributed by atoms with E-state index in [0.29, 0.717) is 4.88 Å². The van der Waals surface area contributed by atoms with Gasteiger partial charge < -0.3 is 10.0 Å². The van der Waals surface area contributed by atoms with Gasteiger partial charge in [0.05, 0.1) is 0 Å². The summed E-state index contributed by atoms with van der Waals surface area (Å²) in [6.07, 6.45) is 0. The molecular weight excluding hydrogens is 250 g/mol. The first kappa shape index (κ1) is 14.7. The summed E-state index contributed by atoms with van der Waals surface area (Å²) < 4.78 is 0. The average Bonchev–Trinajstić information content (AvgIpc) is 2.65. The highest BCUT2D eigenvalue weighted by molar-refractivity contribution is 7.12. The molecule has 1 amide bonds. The fourth-order valence-electron chi connectivity index (χ4n) is 1.56. The molecule has 0 fully saturated rings. The number of nitrogens with zero attached hydrogens (tertiary/aromatic N) is 1. The number of thiophene rings is 1. The highest BCUT2D eigenvalue weighted by Gasteiger charge is 2.29. The molecular formula is C13H19NO3S. The lowest BCUT2D eigenvalue weighted by molar-refractivity contribution is -0.148. The fraction of sp³-hybridized carbons (Fsp3) is 0.538.